The number of hydrogen-bond donors (Lipinski definition) is 0. The maximum atomic E-state index is 12.4. The van der Waals surface area contributed by atoms with Crippen LogP contribution >= 0.6 is 0 Å². The van der Waals surface area contributed by atoms with Crippen LogP contribution in [0.15, 0.2) is 24.3 Å². The van der Waals surface area contributed by atoms with Crippen LogP contribution in [-0.2, 0) is 12.7 Å². The van der Waals surface area contributed by atoms with Crippen LogP contribution < -0.4 is 0 Å². The Balaban J connectivity index is 1.61. The Hall–Kier alpha value is -1.03. The highest BCUT2D eigenvalue weighted by atomic mass is 19.4. The largest absolute Gasteiger partial charge is 0.416 e. The summed E-state index contributed by atoms with van der Waals surface area (Å²) in [7, 11) is 0. The lowest BCUT2D eigenvalue weighted by molar-refractivity contribution is -0.137. The second kappa shape index (κ2) is 3.98. The zero-order chi connectivity index (χ0) is 12.9. The van der Waals surface area contributed by atoms with E-state index in [1.54, 1.807) is 12.1 Å². The molecule has 2 aliphatic rings. The fraction of sp³-hybridized carbons (Fsp3) is 0.571. The maximum absolute atomic E-state index is 12.4. The van der Waals surface area contributed by atoms with Gasteiger partial charge in [-0.2, -0.15) is 13.2 Å². The second-order valence-electron chi connectivity index (χ2n) is 5.58. The lowest BCUT2D eigenvalue weighted by Gasteiger charge is -2.18. The SMILES string of the molecule is CC1C2CN(Cc3ccc(C(F)(F)F)cc3)CC12. The van der Waals surface area contributed by atoms with Crippen molar-refractivity contribution in [2.45, 2.75) is 19.6 Å². The van der Waals surface area contributed by atoms with E-state index in [-0.39, 0.29) is 0 Å². The van der Waals surface area contributed by atoms with Crippen LogP contribution in [0, 0.1) is 17.8 Å². The highest BCUT2D eigenvalue weighted by Gasteiger charge is 2.52. The number of rotatable bonds is 2. The molecule has 0 bridgehead atoms. The van der Waals surface area contributed by atoms with Gasteiger partial charge in [-0.3, -0.25) is 4.90 Å². The molecule has 1 heterocycles. The van der Waals surface area contributed by atoms with Gasteiger partial charge in [-0.05, 0) is 35.4 Å². The molecule has 1 saturated carbocycles. The van der Waals surface area contributed by atoms with E-state index in [1.165, 1.54) is 12.1 Å². The van der Waals surface area contributed by atoms with Gasteiger partial charge in [0.2, 0.25) is 0 Å². The summed E-state index contributed by atoms with van der Waals surface area (Å²) in [6, 6.07) is 5.54. The van der Waals surface area contributed by atoms with Crippen LogP contribution in [0.5, 0.6) is 0 Å². The summed E-state index contributed by atoms with van der Waals surface area (Å²) < 4.78 is 37.2. The van der Waals surface area contributed by atoms with Gasteiger partial charge in [-0.1, -0.05) is 19.1 Å². The molecule has 0 aromatic heterocycles. The monoisotopic (exact) mass is 255 g/mol. The lowest BCUT2D eigenvalue weighted by Crippen LogP contribution is -2.23. The fourth-order valence-corrected chi connectivity index (χ4v) is 3.10. The molecule has 2 fully saturated rings. The van der Waals surface area contributed by atoms with Gasteiger partial charge in [0.05, 0.1) is 5.56 Å². The van der Waals surface area contributed by atoms with Gasteiger partial charge in [0.25, 0.3) is 0 Å². The van der Waals surface area contributed by atoms with Crippen molar-refractivity contribution >= 4 is 0 Å². The Kier molecular flexibility index (Phi) is 2.66. The molecule has 1 saturated heterocycles. The number of likely N-dealkylation sites (tertiary alicyclic amines) is 1. The predicted octanol–water partition coefficient (Wildman–Crippen LogP) is 3.40. The zero-order valence-electron chi connectivity index (χ0n) is 10.2. The highest BCUT2D eigenvalue weighted by Crippen LogP contribution is 2.51. The normalized spacial score (nSPS) is 31.4. The van der Waals surface area contributed by atoms with Crippen LogP contribution in [0.3, 0.4) is 0 Å². The molecule has 1 aliphatic carbocycles. The van der Waals surface area contributed by atoms with E-state index in [1.807, 2.05) is 0 Å². The van der Waals surface area contributed by atoms with Gasteiger partial charge in [0.15, 0.2) is 0 Å². The smallest absolute Gasteiger partial charge is 0.298 e. The van der Waals surface area contributed by atoms with Crippen molar-refractivity contribution in [3.8, 4) is 0 Å². The average molecular weight is 255 g/mol. The van der Waals surface area contributed by atoms with Crippen LogP contribution in [0.1, 0.15) is 18.1 Å². The summed E-state index contributed by atoms with van der Waals surface area (Å²) >= 11 is 0. The molecule has 2 unspecified atom stereocenters. The van der Waals surface area contributed by atoms with Crippen LogP contribution in [-0.4, -0.2) is 18.0 Å². The minimum absolute atomic E-state index is 0.566. The van der Waals surface area contributed by atoms with E-state index in [0.29, 0.717) is 0 Å². The van der Waals surface area contributed by atoms with Crippen molar-refractivity contribution in [2.24, 2.45) is 17.8 Å². The molecule has 1 aromatic rings. The average Bonchev–Trinajstić information content (AvgIpc) is 2.75. The van der Waals surface area contributed by atoms with Crippen molar-refractivity contribution in [1.82, 2.24) is 4.90 Å². The molecule has 0 amide bonds. The van der Waals surface area contributed by atoms with E-state index in [4.69, 9.17) is 0 Å². The fourth-order valence-electron chi connectivity index (χ4n) is 3.10. The molecule has 0 N–H and O–H groups in total. The highest BCUT2D eigenvalue weighted by molar-refractivity contribution is 5.24. The summed E-state index contributed by atoms with van der Waals surface area (Å²) in [6.07, 6.45) is -4.23. The first kappa shape index (κ1) is 12.0. The molecule has 1 nitrogen and oxygen atoms in total. The van der Waals surface area contributed by atoms with Crippen LogP contribution in [0.4, 0.5) is 13.2 Å². The van der Waals surface area contributed by atoms with E-state index >= 15 is 0 Å². The van der Waals surface area contributed by atoms with Gasteiger partial charge in [0, 0.05) is 19.6 Å². The third-order valence-corrected chi connectivity index (χ3v) is 4.39. The maximum Gasteiger partial charge on any atom is 0.416 e. The van der Waals surface area contributed by atoms with Crippen molar-refractivity contribution in [1.29, 1.82) is 0 Å². The van der Waals surface area contributed by atoms with Gasteiger partial charge in [-0.15, -0.1) is 0 Å². The summed E-state index contributed by atoms with van der Waals surface area (Å²) in [5, 5.41) is 0. The predicted molar refractivity (Wildman–Crippen MR) is 62.9 cm³/mol. The molecular weight excluding hydrogens is 239 g/mol. The van der Waals surface area contributed by atoms with Gasteiger partial charge >= 0.3 is 6.18 Å². The Bertz CT molecular complexity index is 425. The van der Waals surface area contributed by atoms with Crippen molar-refractivity contribution < 1.29 is 13.2 Å². The number of hydrogen-bond acceptors (Lipinski definition) is 1. The molecule has 1 aliphatic heterocycles. The van der Waals surface area contributed by atoms with Gasteiger partial charge in [0.1, 0.15) is 0 Å². The Morgan fingerprint density at radius 1 is 1.11 bits per heavy atom. The van der Waals surface area contributed by atoms with Gasteiger partial charge in [-0.25, -0.2) is 0 Å². The van der Waals surface area contributed by atoms with E-state index in [0.717, 1.165) is 43.0 Å². The molecule has 18 heavy (non-hydrogen) atoms. The summed E-state index contributed by atoms with van der Waals surface area (Å²) in [4.78, 5) is 2.35. The molecule has 1 aromatic carbocycles. The standard InChI is InChI=1S/C14H16F3N/c1-9-12-7-18(8-13(9)12)6-10-2-4-11(5-3-10)14(15,16)17/h2-5,9,12-13H,6-8H2,1H3. The van der Waals surface area contributed by atoms with E-state index < -0.39 is 11.7 Å². The summed E-state index contributed by atoms with van der Waals surface area (Å²) in [5.74, 6) is 2.52. The number of piperidine rings is 1. The van der Waals surface area contributed by atoms with Crippen LogP contribution in [0.2, 0.25) is 0 Å². The first-order chi connectivity index (χ1) is 8.45. The zero-order valence-corrected chi connectivity index (χ0v) is 10.2. The minimum Gasteiger partial charge on any atom is -0.298 e. The summed E-state index contributed by atoms with van der Waals surface area (Å²) in [6.45, 7) is 5.27. The van der Waals surface area contributed by atoms with E-state index in [2.05, 4.69) is 11.8 Å². The van der Waals surface area contributed by atoms with Crippen molar-refractivity contribution in [3.05, 3.63) is 35.4 Å². The second-order valence-corrected chi connectivity index (χ2v) is 5.58. The van der Waals surface area contributed by atoms with Crippen molar-refractivity contribution in [2.75, 3.05) is 13.1 Å². The topological polar surface area (TPSA) is 3.24 Å². The number of nitrogens with zero attached hydrogens (tertiary/aromatic N) is 1. The Labute approximate surface area is 105 Å². The number of halogens is 3. The molecule has 2 atom stereocenters. The minimum atomic E-state index is -4.23. The van der Waals surface area contributed by atoms with E-state index in [9.17, 15) is 13.2 Å². The third-order valence-electron chi connectivity index (χ3n) is 4.39. The lowest BCUT2D eigenvalue weighted by atomic mass is 10.1. The number of fused-ring (bicyclic) bond motifs is 1. The first-order valence-corrected chi connectivity index (χ1v) is 6.33. The molecule has 0 radical (unpaired) electrons. The molecule has 0 spiro atoms. The molecule has 3 rings (SSSR count). The summed E-state index contributed by atoms with van der Waals surface area (Å²) in [5.41, 5.74) is 0.404. The molecule has 98 valence electrons. The van der Waals surface area contributed by atoms with Crippen LogP contribution in [0.25, 0.3) is 0 Å². The van der Waals surface area contributed by atoms with Crippen molar-refractivity contribution in [3.63, 3.8) is 0 Å². The number of benzene rings is 1. The quantitative estimate of drug-likeness (QED) is 0.783. The number of alkyl halides is 3. The van der Waals surface area contributed by atoms with Gasteiger partial charge < -0.3 is 0 Å². The third kappa shape index (κ3) is 2.14. The first-order valence-electron chi connectivity index (χ1n) is 6.33. The molecular formula is C14H16F3N. The Morgan fingerprint density at radius 2 is 1.67 bits per heavy atom. The molecule has 4 heteroatoms. The Morgan fingerprint density at radius 3 is 2.17 bits per heavy atom.